The zero-order chi connectivity index (χ0) is 18.0. The number of aromatic nitrogens is 1. The van der Waals surface area contributed by atoms with Gasteiger partial charge in [0.15, 0.2) is 0 Å². The van der Waals surface area contributed by atoms with Crippen LogP contribution in [0, 0.1) is 12.9 Å². The third kappa shape index (κ3) is 3.38. The van der Waals surface area contributed by atoms with E-state index >= 15 is 0 Å². The summed E-state index contributed by atoms with van der Waals surface area (Å²) < 4.78 is 53.5. The molecule has 1 unspecified atom stereocenters. The number of aliphatic hydroxyl groups is 1. The van der Waals surface area contributed by atoms with Crippen molar-refractivity contribution in [3.05, 3.63) is 65.2 Å². The van der Waals surface area contributed by atoms with E-state index in [9.17, 15) is 27.5 Å². The van der Waals surface area contributed by atoms with Gasteiger partial charge in [-0.3, -0.25) is 4.79 Å². The number of aryl methyl sites for hydroxylation is 1. The van der Waals surface area contributed by atoms with Crippen LogP contribution < -0.4 is 5.32 Å². The van der Waals surface area contributed by atoms with Crippen molar-refractivity contribution in [2.24, 2.45) is 0 Å². The summed E-state index contributed by atoms with van der Waals surface area (Å²) in [6.45, 7) is 1.08. The number of halogens is 4. The summed E-state index contributed by atoms with van der Waals surface area (Å²) in [7, 11) is 0. The minimum Gasteiger partial charge on any atom is -0.369 e. The Labute approximate surface area is 135 Å². The van der Waals surface area contributed by atoms with Gasteiger partial charge < -0.3 is 10.4 Å². The molecule has 0 bridgehead atoms. The maximum atomic E-state index is 13.5. The summed E-state index contributed by atoms with van der Waals surface area (Å²) in [5, 5.41) is 12.0. The van der Waals surface area contributed by atoms with E-state index < -0.39 is 35.7 Å². The van der Waals surface area contributed by atoms with Crippen molar-refractivity contribution >= 4 is 5.91 Å². The number of hydrogen-bond donors (Lipinski definition) is 2. The Morgan fingerprint density at radius 3 is 2.46 bits per heavy atom. The molecule has 0 fully saturated rings. The molecule has 1 aromatic heterocycles. The van der Waals surface area contributed by atoms with Crippen LogP contribution in [0.1, 0.15) is 16.7 Å². The molecule has 1 amide bonds. The first-order valence-electron chi connectivity index (χ1n) is 6.90. The van der Waals surface area contributed by atoms with Gasteiger partial charge in [0.1, 0.15) is 0 Å². The molecule has 1 atom stereocenters. The van der Waals surface area contributed by atoms with E-state index in [1.54, 1.807) is 6.92 Å². The molecule has 0 saturated heterocycles. The standard InChI is InChI=1S/C16H14F4N2O2/c1-10-7-11(13(17)21-8-10)9-22-14(23)15(24,16(18,19)20)12-5-3-2-4-6-12/h2-8,24H,9H2,1H3,(H,22,23). The summed E-state index contributed by atoms with van der Waals surface area (Å²) in [5.74, 6) is -2.60. The van der Waals surface area contributed by atoms with E-state index in [2.05, 4.69) is 4.98 Å². The number of benzene rings is 1. The fraction of sp³-hybridized carbons (Fsp3) is 0.250. The van der Waals surface area contributed by atoms with Crippen LogP contribution in [-0.2, 0) is 16.9 Å². The van der Waals surface area contributed by atoms with Crippen LogP contribution in [0.3, 0.4) is 0 Å². The Kier molecular flexibility index (Phi) is 4.88. The number of alkyl halides is 3. The fourth-order valence-electron chi connectivity index (χ4n) is 2.14. The molecule has 0 radical (unpaired) electrons. The molecule has 2 aromatic rings. The van der Waals surface area contributed by atoms with Crippen LogP contribution in [-0.4, -0.2) is 22.2 Å². The highest BCUT2D eigenvalue weighted by Crippen LogP contribution is 2.39. The van der Waals surface area contributed by atoms with Gasteiger partial charge in [-0.2, -0.15) is 17.6 Å². The molecule has 0 spiro atoms. The number of nitrogens with one attached hydrogen (secondary N) is 1. The van der Waals surface area contributed by atoms with Gasteiger partial charge in [-0.1, -0.05) is 30.3 Å². The van der Waals surface area contributed by atoms with Crippen molar-refractivity contribution in [1.82, 2.24) is 10.3 Å². The highest BCUT2D eigenvalue weighted by atomic mass is 19.4. The quantitative estimate of drug-likeness (QED) is 0.663. The second-order valence-electron chi connectivity index (χ2n) is 5.22. The van der Waals surface area contributed by atoms with E-state index in [1.165, 1.54) is 30.5 Å². The molecule has 2 rings (SSSR count). The number of carbonyl (C=O) groups is 1. The van der Waals surface area contributed by atoms with Crippen LogP contribution in [0.15, 0.2) is 42.6 Å². The van der Waals surface area contributed by atoms with Gasteiger partial charge in [0.2, 0.25) is 5.95 Å². The van der Waals surface area contributed by atoms with Gasteiger partial charge in [0.25, 0.3) is 11.5 Å². The predicted molar refractivity (Wildman–Crippen MR) is 77.2 cm³/mol. The molecule has 1 heterocycles. The lowest BCUT2D eigenvalue weighted by Crippen LogP contribution is -2.54. The molecule has 8 heteroatoms. The Hall–Kier alpha value is -2.48. The molecule has 2 N–H and O–H groups in total. The molecule has 1 aromatic carbocycles. The minimum absolute atomic E-state index is 0.0825. The van der Waals surface area contributed by atoms with Gasteiger partial charge in [-0.15, -0.1) is 0 Å². The normalized spacial score (nSPS) is 14.1. The lowest BCUT2D eigenvalue weighted by molar-refractivity contribution is -0.257. The van der Waals surface area contributed by atoms with Crippen molar-refractivity contribution in [3.8, 4) is 0 Å². The van der Waals surface area contributed by atoms with Crippen molar-refractivity contribution in [2.45, 2.75) is 25.2 Å². The van der Waals surface area contributed by atoms with Gasteiger partial charge in [0.05, 0.1) is 0 Å². The largest absolute Gasteiger partial charge is 0.430 e. The lowest BCUT2D eigenvalue weighted by atomic mass is 9.92. The molecule has 0 aliphatic rings. The smallest absolute Gasteiger partial charge is 0.369 e. The maximum absolute atomic E-state index is 13.5. The summed E-state index contributed by atoms with van der Waals surface area (Å²) in [6.07, 6.45) is -4.00. The number of amides is 1. The summed E-state index contributed by atoms with van der Waals surface area (Å²) in [5.41, 5.74) is -3.87. The summed E-state index contributed by atoms with van der Waals surface area (Å²) >= 11 is 0. The number of nitrogens with zero attached hydrogens (tertiary/aromatic N) is 1. The lowest BCUT2D eigenvalue weighted by Gasteiger charge is -2.29. The number of hydrogen-bond acceptors (Lipinski definition) is 3. The van der Waals surface area contributed by atoms with Crippen LogP contribution in [0.25, 0.3) is 0 Å². The highest BCUT2D eigenvalue weighted by Gasteiger charge is 2.60. The molecule has 4 nitrogen and oxygen atoms in total. The minimum atomic E-state index is -5.25. The molecule has 0 aliphatic heterocycles. The van der Waals surface area contributed by atoms with E-state index in [1.807, 2.05) is 5.32 Å². The van der Waals surface area contributed by atoms with E-state index in [4.69, 9.17) is 0 Å². The first-order valence-corrected chi connectivity index (χ1v) is 6.90. The number of pyridine rings is 1. The monoisotopic (exact) mass is 342 g/mol. The molecule has 128 valence electrons. The zero-order valence-electron chi connectivity index (χ0n) is 12.6. The van der Waals surface area contributed by atoms with E-state index in [0.29, 0.717) is 5.56 Å². The maximum Gasteiger partial charge on any atom is 0.430 e. The third-order valence-electron chi connectivity index (χ3n) is 3.42. The topological polar surface area (TPSA) is 62.2 Å². The Morgan fingerprint density at radius 2 is 1.88 bits per heavy atom. The van der Waals surface area contributed by atoms with Crippen LogP contribution in [0.2, 0.25) is 0 Å². The molecule has 0 saturated carbocycles. The number of carbonyl (C=O) groups excluding carboxylic acids is 1. The summed E-state index contributed by atoms with van der Waals surface area (Å²) in [6, 6.07) is 7.31. The second-order valence-corrected chi connectivity index (χ2v) is 5.22. The van der Waals surface area contributed by atoms with Crippen molar-refractivity contribution in [1.29, 1.82) is 0 Å². The van der Waals surface area contributed by atoms with Crippen LogP contribution in [0.4, 0.5) is 17.6 Å². The molecule has 24 heavy (non-hydrogen) atoms. The van der Waals surface area contributed by atoms with Crippen LogP contribution in [0.5, 0.6) is 0 Å². The van der Waals surface area contributed by atoms with Crippen molar-refractivity contribution in [2.75, 3.05) is 0 Å². The van der Waals surface area contributed by atoms with Crippen LogP contribution >= 0.6 is 0 Å². The molecule has 0 aliphatic carbocycles. The first-order chi connectivity index (χ1) is 11.2. The van der Waals surface area contributed by atoms with E-state index in [0.717, 1.165) is 12.1 Å². The van der Waals surface area contributed by atoms with E-state index in [-0.39, 0.29) is 5.56 Å². The van der Waals surface area contributed by atoms with Gasteiger partial charge in [-0.05, 0) is 18.6 Å². The average molecular weight is 342 g/mol. The van der Waals surface area contributed by atoms with Crippen molar-refractivity contribution < 1.29 is 27.5 Å². The van der Waals surface area contributed by atoms with Gasteiger partial charge in [-0.25, -0.2) is 4.98 Å². The zero-order valence-corrected chi connectivity index (χ0v) is 12.6. The number of rotatable bonds is 4. The second kappa shape index (κ2) is 6.56. The SMILES string of the molecule is Cc1cnc(F)c(CNC(=O)C(O)(c2ccccc2)C(F)(F)F)c1. The van der Waals surface area contributed by atoms with Gasteiger partial charge in [0, 0.05) is 23.9 Å². The Balaban J connectivity index is 2.28. The van der Waals surface area contributed by atoms with Gasteiger partial charge >= 0.3 is 6.18 Å². The molecular weight excluding hydrogens is 328 g/mol. The highest BCUT2D eigenvalue weighted by molar-refractivity contribution is 5.87. The summed E-state index contributed by atoms with van der Waals surface area (Å²) in [4.78, 5) is 15.5. The molecular formula is C16H14F4N2O2. The predicted octanol–water partition coefficient (Wildman–Crippen LogP) is 2.60. The fourth-order valence-corrected chi connectivity index (χ4v) is 2.14. The Morgan fingerprint density at radius 1 is 1.25 bits per heavy atom. The third-order valence-corrected chi connectivity index (χ3v) is 3.42. The van der Waals surface area contributed by atoms with Crippen molar-refractivity contribution in [3.63, 3.8) is 0 Å². The average Bonchev–Trinajstić information content (AvgIpc) is 2.54. The first kappa shape index (κ1) is 17.9. The Bertz CT molecular complexity index is 735.